The van der Waals surface area contributed by atoms with Gasteiger partial charge in [0.05, 0.1) is 19.8 Å². The van der Waals surface area contributed by atoms with Crippen molar-refractivity contribution in [3.63, 3.8) is 0 Å². The first-order valence-electron chi connectivity index (χ1n) is 31.1. The Hall–Kier alpha value is -3.60. The summed E-state index contributed by atoms with van der Waals surface area (Å²) in [7, 11) is -4.76. The Balaban J connectivity index is 4.78. The largest absolute Gasteiger partial charge is 0.472 e. The zero-order valence-corrected chi connectivity index (χ0v) is 50.5. The van der Waals surface area contributed by atoms with E-state index in [2.05, 4.69) is 118 Å². The molecule has 0 aliphatic carbocycles. The highest BCUT2D eigenvalue weighted by atomic mass is 31.2. The Bertz CT molecular complexity index is 1680. The van der Waals surface area contributed by atoms with Crippen molar-refractivity contribution in [1.82, 2.24) is 0 Å². The van der Waals surface area contributed by atoms with Gasteiger partial charge < -0.3 is 24.2 Å². The quantitative estimate of drug-likeness (QED) is 0.0197. The highest BCUT2D eigenvalue weighted by Gasteiger charge is 2.28. The number of ether oxygens (including phenoxy) is 3. The molecular weight excluding hydrogens is 1000 g/mol. The SMILES string of the molecule is CC/C=C\C/C=C\C/C=C\C/C=C\CCCCCCCCC(=O)OCC(COP(=O)(O)OCC(CO)OC(=O)CCCCCCC/C=C\CCCCCC)OC(=O)CCCCCCCC/C=C\C/C=C\C/C=C\CCCCC. The normalized spacial score (nSPS) is 14.0. The van der Waals surface area contributed by atoms with E-state index >= 15 is 0 Å². The minimum atomic E-state index is -4.76. The van der Waals surface area contributed by atoms with Gasteiger partial charge in [-0.25, -0.2) is 4.57 Å². The average Bonchev–Trinajstić information content (AvgIpc) is 3.43. The van der Waals surface area contributed by atoms with E-state index in [9.17, 15) is 28.9 Å². The third-order valence-corrected chi connectivity index (χ3v) is 13.9. The second-order valence-corrected chi connectivity index (χ2v) is 21.9. The zero-order chi connectivity index (χ0) is 56.9. The maximum Gasteiger partial charge on any atom is 0.472 e. The summed E-state index contributed by atoms with van der Waals surface area (Å²) in [6.45, 7) is 4.46. The van der Waals surface area contributed by atoms with Crippen molar-refractivity contribution >= 4 is 25.7 Å². The van der Waals surface area contributed by atoms with Crippen LogP contribution in [0.1, 0.15) is 265 Å². The van der Waals surface area contributed by atoms with Gasteiger partial charge in [-0.1, -0.05) is 221 Å². The van der Waals surface area contributed by atoms with Gasteiger partial charge in [-0.05, 0) is 122 Å². The van der Waals surface area contributed by atoms with Crippen molar-refractivity contribution in [3.05, 3.63) is 97.2 Å². The first kappa shape index (κ1) is 74.4. The summed E-state index contributed by atoms with van der Waals surface area (Å²) in [4.78, 5) is 48.7. The lowest BCUT2D eigenvalue weighted by molar-refractivity contribution is -0.161. The summed E-state index contributed by atoms with van der Waals surface area (Å²) in [5.74, 6) is -1.50. The molecule has 0 aromatic heterocycles. The minimum absolute atomic E-state index is 0.145. The van der Waals surface area contributed by atoms with Gasteiger partial charge in [0.15, 0.2) is 6.10 Å². The molecule has 0 rings (SSSR count). The van der Waals surface area contributed by atoms with Crippen LogP contribution in [0, 0.1) is 0 Å². The predicted molar refractivity (Wildman–Crippen MR) is 325 cm³/mol. The Morgan fingerprint density at radius 3 is 1.06 bits per heavy atom. The van der Waals surface area contributed by atoms with Crippen molar-refractivity contribution in [2.75, 3.05) is 26.4 Å². The number of phosphoric acid groups is 1. The van der Waals surface area contributed by atoms with E-state index in [0.29, 0.717) is 19.3 Å². The lowest BCUT2D eigenvalue weighted by atomic mass is 10.1. The summed E-state index contributed by atoms with van der Waals surface area (Å²) < 4.78 is 39.6. The molecule has 0 saturated heterocycles. The number of hydrogen-bond donors (Lipinski definition) is 2. The molecule has 0 spiro atoms. The summed E-state index contributed by atoms with van der Waals surface area (Å²) in [6.07, 6.45) is 70.7. The van der Waals surface area contributed by atoms with Crippen LogP contribution >= 0.6 is 7.82 Å². The molecule has 12 heteroatoms. The third kappa shape index (κ3) is 57.1. The van der Waals surface area contributed by atoms with Crippen LogP contribution < -0.4 is 0 Å². The molecule has 0 aromatic rings. The van der Waals surface area contributed by atoms with E-state index in [-0.39, 0.29) is 25.9 Å². The van der Waals surface area contributed by atoms with Crippen LogP contribution in [0.25, 0.3) is 0 Å². The number of phosphoric ester groups is 1. The molecule has 0 amide bonds. The minimum Gasteiger partial charge on any atom is -0.462 e. The Morgan fingerprint density at radius 2 is 0.667 bits per heavy atom. The van der Waals surface area contributed by atoms with Gasteiger partial charge in [-0.2, -0.15) is 0 Å². The molecule has 11 nitrogen and oxygen atoms in total. The third-order valence-electron chi connectivity index (χ3n) is 13.0. The van der Waals surface area contributed by atoms with Crippen LogP contribution in [-0.2, 0) is 42.2 Å². The molecule has 0 fully saturated rings. The van der Waals surface area contributed by atoms with E-state index in [1.807, 2.05) is 0 Å². The summed E-state index contributed by atoms with van der Waals surface area (Å²) in [5, 5.41) is 9.83. The average molecular weight is 1110 g/mol. The maximum absolute atomic E-state index is 12.9. The van der Waals surface area contributed by atoms with E-state index in [4.69, 9.17) is 23.3 Å². The fourth-order valence-electron chi connectivity index (χ4n) is 8.23. The zero-order valence-electron chi connectivity index (χ0n) is 49.6. The fourth-order valence-corrected chi connectivity index (χ4v) is 9.01. The molecule has 448 valence electrons. The number of carbonyl (C=O) groups is 3. The van der Waals surface area contributed by atoms with E-state index in [1.165, 1.54) is 51.4 Å². The molecule has 3 atom stereocenters. The second kappa shape index (κ2) is 59.5. The van der Waals surface area contributed by atoms with Crippen LogP contribution in [-0.4, -0.2) is 66.5 Å². The summed E-state index contributed by atoms with van der Waals surface area (Å²) in [6, 6.07) is 0. The van der Waals surface area contributed by atoms with Gasteiger partial charge in [0, 0.05) is 19.3 Å². The van der Waals surface area contributed by atoms with Crippen molar-refractivity contribution in [2.24, 2.45) is 0 Å². The number of aliphatic hydroxyl groups excluding tert-OH is 1. The molecule has 0 aliphatic rings. The van der Waals surface area contributed by atoms with Gasteiger partial charge in [-0.15, -0.1) is 0 Å². The highest BCUT2D eigenvalue weighted by molar-refractivity contribution is 7.47. The number of hydrogen-bond acceptors (Lipinski definition) is 10. The summed E-state index contributed by atoms with van der Waals surface area (Å²) in [5.41, 5.74) is 0. The molecule has 3 unspecified atom stereocenters. The number of esters is 3. The topological polar surface area (TPSA) is 155 Å². The van der Waals surface area contributed by atoms with Crippen LogP contribution in [0.2, 0.25) is 0 Å². The number of carbonyl (C=O) groups excluding carboxylic acids is 3. The van der Waals surface area contributed by atoms with Gasteiger partial charge in [0.25, 0.3) is 0 Å². The van der Waals surface area contributed by atoms with Gasteiger partial charge >= 0.3 is 25.7 Å². The number of unbranched alkanes of at least 4 members (excludes halogenated alkanes) is 24. The number of allylic oxidation sites excluding steroid dienone is 16. The Labute approximate surface area is 476 Å². The molecule has 0 heterocycles. The Kier molecular flexibility index (Phi) is 56.8. The molecule has 0 aliphatic heterocycles. The molecule has 0 bridgehead atoms. The van der Waals surface area contributed by atoms with Crippen molar-refractivity contribution in [3.8, 4) is 0 Å². The summed E-state index contributed by atoms with van der Waals surface area (Å²) >= 11 is 0. The molecule has 78 heavy (non-hydrogen) atoms. The van der Waals surface area contributed by atoms with Gasteiger partial charge in [0.2, 0.25) is 0 Å². The van der Waals surface area contributed by atoms with Crippen LogP contribution in [0.4, 0.5) is 0 Å². The maximum atomic E-state index is 12.9. The predicted octanol–water partition coefficient (Wildman–Crippen LogP) is 18.8. The Morgan fingerprint density at radius 1 is 0.372 bits per heavy atom. The van der Waals surface area contributed by atoms with Crippen molar-refractivity contribution in [1.29, 1.82) is 0 Å². The second-order valence-electron chi connectivity index (χ2n) is 20.5. The van der Waals surface area contributed by atoms with Crippen LogP contribution in [0.3, 0.4) is 0 Å². The molecule has 0 aromatic carbocycles. The van der Waals surface area contributed by atoms with Crippen LogP contribution in [0.15, 0.2) is 97.2 Å². The monoisotopic (exact) mass is 1110 g/mol. The number of rotatable bonds is 57. The van der Waals surface area contributed by atoms with Gasteiger partial charge in [-0.3, -0.25) is 23.4 Å². The molecule has 2 N–H and O–H groups in total. The first-order valence-corrected chi connectivity index (χ1v) is 32.6. The van der Waals surface area contributed by atoms with Crippen LogP contribution in [0.5, 0.6) is 0 Å². The first-order chi connectivity index (χ1) is 38.2. The number of aliphatic hydroxyl groups is 1. The lowest BCUT2D eigenvalue weighted by Gasteiger charge is -2.21. The van der Waals surface area contributed by atoms with Crippen molar-refractivity contribution < 1.29 is 52.2 Å². The van der Waals surface area contributed by atoms with Crippen molar-refractivity contribution in [2.45, 2.75) is 277 Å². The van der Waals surface area contributed by atoms with E-state index in [0.717, 1.165) is 154 Å². The van der Waals surface area contributed by atoms with E-state index in [1.54, 1.807) is 0 Å². The van der Waals surface area contributed by atoms with E-state index < -0.39 is 57.8 Å². The standard InChI is InChI=1S/C66H113O11P/c1-4-7-10-13-16-19-22-25-27-29-31-33-35-38-40-43-46-49-52-55-64(68)73-59-63(77-66(70)57-54-51-48-45-42-39-36-34-32-30-28-26-23-20-17-14-11-8-5-2)61-75-78(71,72)74-60-62(58-67)76-65(69)56-53-50-47-44-41-37-24-21-18-15-12-9-6-3/h7,10,16-17,19-21,24-28,31-34,62-63,67H,4-6,8-9,11-15,18,22-23,29-30,35-61H2,1-3H3,(H,71,72)/b10-7-,19-16-,20-17-,24-21-,27-25-,28-26-,33-31-,34-32-. The lowest BCUT2D eigenvalue weighted by Crippen LogP contribution is -2.30. The highest BCUT2D eigenvalue weighted by Crippen LogP contribution is 2.43. The molecule has 0 saturated carbocycles. The van der Waals surface area contributed by atoms with Gasteiger partial charge in [0.1, 0.15) is 12.7 Å². The molecule has 0 radical (unpaired) electrons. The fraction of sp³-hybridized carbons (Fsp3) is 0.712. The molecular formula is C66H113O11P. The smallest absolute Gasteiger partial charge is 0.462 e.